The average molecular weight is 314 g/mol. The summed E-state index contributed by atoms with van der Waals surface area (Å²) >= 11 is 0. The largest absolute Gasteiger partial charge is 0.497 e. The van der Waals surface area contributed by atoms with Crippen LogP contribution < -0.4 is 19.6 Å². The van der Waals surface area contributed by atoms with E-state index in [2.05, 4.69) is 10.5 Å². The average Bonchev–Trinajstić information content (AvgIpc) is 2.61. The number of hydrazone groups is 1. The van der Waals surface area contributed by atoms with Gasteiger partial charge in [0.05, 0.1) is 27.5 Å². The number of hydrogen-bond acceptors (Lipinski definition) is 5. The molecule has 0 heterocycles. The second kappa shape index (κ2) is 7.84. The number of benzene rings is 2. The molecule has 0 bridgehead atoms. The molecule has 1 amide bonds. The lowest BCUT2D eigenvalue weighted by atomic mass is 10.2. The van der Waals surface area contributed by atoms with Crippen molar-refractivity contribution in [3.05, 3.63) is 53.6 Å². The first-order chi connectivity index (χ1) is 11.2. The van der Waals surface area contributed by atoms with E-state index in [9.17, 15) is 4.79 Å². The number of nitrogens with one attached hydrogen (secondary N) is 1. The molecule has 0 saturated heterocycles. The van der Waals surface area contributed by atoms with Crippen LogP contribution in [0.3, 0.4) is 0 Å². The van der Waals surface area contributed by atoms with Crippen molar-refractivity contribution in [1.29, 1.82) is 0 Å². The van der Waals surface area contributed by atoms with E-state index in [1.54, 1.807) is 63.8 Å². The Kier molecular flexibility index (Phi) is 5.57. The first-order valence-corrected chi connectivity index (χ1v) is 6.87. The number of methoxy groups -OCH3 is 3. The van der Waals surface area contributed by atoms with Gasteiger partial charge in [0.2, 0.25) is 0 Å². The van der Waals surface area contributed by atoms with Gasteiger partial charge >= 0.3 is 0 Å². The van der Waals surface area contributed by atoms with E-state index in [0.717, 1.165) is 0 Å². The zero-order valence-electron chi connectivity index (χ0n) is 13.2. The van der Waals surface area contributed by atoms with Crippen molar-refractivity contribution in [2.45, 2.75) is 0 Å². The van der Waals surface area contributed by atoms with Crippen molar-refractivity contribution in [3.63, 3.8) is 0 Å². The van der Waals surface area contributed by atoms with Crippen molar-refractivity contribution in [1.82, 2.24) is 5.43 Å². The molecule has 0 saturated carbocycles. The lowest BCUT2D eigenvalue weighted by molar-refractivity contribution is 0.0955. The Morgan fingerprint density at radius 3 is 2.43 bits per heavy atom. The standard InChI is InChI=1S/C17H18N2O4/c1-21-14-6-4-5-12(9-14)17(20)19-18-11-13-10-15(22-2)7-8-16(13)23-3/h4-11H,1-3H3,(H,19,20). The highest BCUT2D eigenvalue weighted by molar-refractivity contribution is 5.95. The highest BCUT2D eigenvalue weighted by Gasteiger charge is 2.06. The van der Waals surface area contributed by atoms with Gasteiger partial charge in [0, 0.05) is 11.1 Å². The molecule has 1 N–H and O–H groups in total. The minimum Gasteiger partial charge on any atom is -0.497 e. The summed E-state index contributed by atoms with van der Waals surface area (Å²) < 4.78 is 15.5. The van der Waals surface area contributed by atoms with Gasteiger partial charge in [0.25, 0.3) is 5.91 Å². The third-order valence-electron chi connectivity index (χ3n) is 3.14. The number of carbonyl (C=O) groups is 1. The Labute approximate surface area is 134 Å². The predicted octanol–water partition coefficient (Wildman–Crippen LogP) is 2.48. The van der Waals surface area contributed by atoms with Gasteiger partial charge in [-0.25, -0.2) is 5.43 Å². The van der Waals surface area contributed by atoms with Crippen LogP contribution in [0.2, 0.25) is 0 Å². The summed E-state index contributed by atoms with van der Waals surface area (Å²) in [6.07, 6.45) is 1.50. The van der Waals surface area contributed by atoms with Crippen LogP contribution in [0.25, 0.3) is 0 Å². The molecule has 0 spiro atoms. The van der Waals surface area contributed by atoms with Gasteiger partial charge in [0.1, 0.15) is 17.2 Å². The van der Waals surface area contributed by atoms with Gasteiger partial charge in [-0.1, -0.05) is 6.07 Å². The molecular formula is C17H18N2O4. The number of nitrogens with zero attached hydrogens (tertiary/aromatic N) is 1. The molecule has 0 aromatic heterocycles. The molecule has 2 aromatic carbocycles. The van der Waals surface area contributed by atoms with E-state index < -0.39 is 0 Å². The number of hydrogen-bond donors (Lipinski definition) is 1. The number of carbonyl (C=O) groups excluding carboxylic acids is 1. The van der Waals surface area contributed by atoms with Crippen LogP contribution in [0.5, 0.6) is 17.2 Å². The molecule has 0 unspecified atom stereocenters. The highest BCUT2D eigenvalue weighted by Crippen LogP contribution is 2.22. The van der Waals surface area contributed by atoms with E-state index in [1.165, 1.54) is 6.21 Å². The van der Waals surface area contributed by atoms with Crippen LogP contribution in [-0.2, 0) is 0 Å². The molecule has 6 heteroatoms. The Morgan fingerprint density at radius 1 is 1.00 bits per heavy atom. The maximum Gasteiger partial charge on any atom is 0.271 e. The van der Waals surface area contributed by atoms with Crippen LogP contribution in [0.1, 0.15) is 15.9 Å². The number of amides is 1. The summed E-state index contributed by atoms with van der Waals surface area (Å²) in [5.41, 5.74) is 3.62. The maximum atomic E-state index is 12.0. The fraction of sp³-hybridized carbons (Fsp3) is 0.176. The molecule has 0 radical (unpaired) electrons. The molecule has 0 aliphatic carbocycles. The summed E-state index contributed by atoms with van der Waals surface area (Å²) in [4.78, 5) is 12.0. The summed E-state index contributed by atoms with van der Waals surface area (Å²) in [7, 11) is 4.69. The molecule has 0 fully saturated rings. The summed E-state index contributed by atoms with van der Waals surface area (Å²) in [5, 5.41) is 3.96. The Morgan fingerprint density at radius 2 is 1.74 bits per heavy atom. The van der Waals surface area contributed by atoms with E-state index in [1.807, 2.05) is 0 Å². The van der Waals surface area contributed by atoms with Gasteiger partial charge in [-0.2, -0.15) is 5.10 Å². The predicted molar refractivity (Wildman–Crippen MR) is 87.6 cm³/mol. The number of ether oxygens (including phenoxy) is 3. The molecule has 2 rings (SSSR count). The second-order valence-electron chi connectivity index (χ2n) is 4.54. The lowest BCUT2D eigenvalue weighted by Crippen LogP contribution is -2.17. The van der Waals surface area contributed by atoms with Crippen molar-refractivity contribution in [3.8, 4) is 17.2 Å². The first-order valence-electron chi connectivity index (χ1n) is 6.87. The van der Waals surface area contributed by atoms with Crippen LogP contribution in [0.4, 0.5) is 0 Å². The fourth-order valence-corrected chi connectivity index (χ4v) is 1.93. The van der Waals surface area contributed by atoms with Gasteiger partial charge in [-0.05, 0) is 36.4 Å². The Balaban J connectivity index is 2.10. The van der Waals surface area contributed by atoms with E-state index in [-0.39, 0.29) is 5.91 Å². The third kappa shape index (κ3) is 4.23. The van der Waals surface area contributed by atoms with Gasteiger partial charge in [-0.3, -0.25) is 4.79 Å². The Bertz CT molecular complexity index is 713. The van der Waals surface area contributed by atoms with Gasteiger partial charge in [0.15, 0.2) is 0 Å². The summed E-state index contributed by atoms with van der Waals surface area (Å²) in [6, 6.07) is 12.1. The van der Waals surface area contributed by atoms with Crippen molar-refractivity contribution >= 4 is 12.1 Å². The molecule has 120 valence electrons. The monoisotopic (exact) mass is 314 g/mol. The van der Waals surface area contributed by atoms with Gasteiger partial charge in [-0.15, -0.1) is 0 Å². The highest BCUT2D eigenvalue weighted by atomic mass is 16.5. The van der Waals surface area contributed by atoms with Gasteiger partial charge < -0.3 is 14.2 Å². The topological polar surface area (TPSA) is 69.2 Å². The maximum absolute atomic E-state index is 12.0. The van der Waals surface area contributed by atoms with Crippen LogP contribution >= 0.6 is 0 Å². The smallest absolute Gasteiger partial charge is 0.271 e. The third-order valence-corrected chi connectivity index (χ3v) is 3.14. The zero-order valence-corrected chi connectivity index (χ0v) is 13.2. The second-order valence-corrected chi connectivity index (χ2v) is 4.54. The van der Waals surface area contributed by atoms with Crippen LogP contribution in [-0.4, -0.2) is 33.5 Å². The van der Waals surface area contributed by atoms with Crippen LogP contribution in [0.15, 0.2) is 47.6 Å². The van der Waals surface area contributed by atoms with Crippen molar-refractivity contribution in [2.24, 2.45) is 5.10 Å². The minimum atomic E-state index is -0.331. The molecule has 23 heavy (non-hydrogen) atoms. The lowest BCUT2D eigenvalue weighted by Gasteiger charge is -2.07. The Hall–Kier alpha value is -3.02. The fourth-order valence-electron chi connectivity index (χ4n) is 1.93. The summed E-state index contributed by atoms with van der Waals surface area (Å²) in [5.74, 6) is 1.58. The molecule has 0 aliphatic rings. The van der Waals surface area contributed by atoms with E-state index in [0.29, 0.717) is 28.4 Å². The molecule has 0 atom stereocenters. The molecule has 0 aliphatic heterocycles. The van der Waals surface area contributed by atoms with Crippen molar-refractivity contribution < 1.29 is 19.0 Å². The summed E-state index contributed by atoms with van der Waals surface area (Å²) in [6.45, 7) is 0. The zero-order chi connectivity index (χ0) is 16.7. The SMILES string of the molecule is COc1cccc(C(=O)NN=Cc2cc(OC)ccc2OC)c1. The first kappa shape index (κ1) is 16.4. The quantitative estimate of drug-likeness (QED) is 0.657. The van der Waals surface area contributed by atoms with Crippen molar-refractivity contribution in [2.75, 3.05) is 21.3 Å². The number of rotatable bonds is 6. The molecule has 2 aromatic rings. The normalized spacial score (nSPS) is 10.4. The van der Waals surface area contributed by atoms with E-state index >= 15 is 0 Å². The van der Waals surface area contributed by atoms with E-state index in [4.69, 9.17) is 14.2 Å². The molecule has 6 nitrogen and oxygen atoms in total. The minimum absolute atomic E-state index is 0.331. The molecular weight excluding hydrogens is 296 g/mol. The van der Waals surface area contributed by atoms with Crippen LogP contribution in [0, 0.1) is 0 Å².